The SMILES string of the molecule is CCCCCC(=O)NC(C#N)=C(Cl)Cl. The fourth-order valence-corrected chi connectivity index (χ4v) is 1.03. The van der Waals surface area contributed by atoms with E-state index in [-0.39, 0.29) is 16.1 Å². The van der Waals surface area contributed by atoms with Gasteiger partial charge in [-0.05, 0) is 6.42 Å². The smallest absolute Gasteiger partial charge is 0.224 e. The third kappa shape index (κ3) is 5.85. The molecular formula is C9H12Cl2N2O. The number of nitriles is 1. The van der Waals surface area contributed by atoms with Gasteiger partial charge in [0, 0.05) is 6.42 Å². The van der Waals surface area contributed by atoms with Crippen molar-refractivity contribution in [1.82, 2.24) is 5.32 Å². The van der Waals surface area contributed by atoms with Crippen LogP contribution in [0.5, 0.6) is 0 Å². The molecule has 3 nitrogen and oxygen atoms in total. The van der Waals surface area contributed by atoms with E-state index in [0.717, 1.165) is 19.3 Å². The van der Waals surface area contributed by atoms with Crippen LogP contribution < -0.4 is 5.32 Å². The van der Waals surface area contributed by atoms with Crippen LogP contribution in [0.4, 0.5) is 0 Å². The van der Waals surface area contributed by atoms with E-state index < -0.39 is 0 Å². The van der Waals surface area contributed by atoms with Crippen molar-refractivity contribution >= 4 is 29.1 Å². The van der Waals surface area contributed by atoms with Gasteiger partial charge in [0.15, 0.2) is 5.70 Å². The highest BCUT2D eigenvalue weighted by Gasteiger charge is 2.06. The Kier molecular flexibility index (Phi) is 7.27. The summed E-state index contributed by atoms with van der Waals surface area (Å²) < 4.78 is -0.212. The van der Waals surface area contributed by atoms with Gasteiger partial charge in [-0.15, -0.1) is 0 Å². The lowest BCUT2D eigenvalue weighted by atomic mass is 10.2. The minimum atomic E-state index is -0.228. The third-order valence-electron chi connectivity index (χ3n) is 1.57. The van der Waals surface area contributed by atoms with E-state index in [2.05, 4.69) is 5.32 Å². The van der Waals surface area contributed by atoms with Gasteiger partial charge in [-0.2, -0.15) is 5.26 Å². The number of unbranched alkanes of at least 4 members (excludes halogenated alkanes) is 2. The van der Waals surface area contributed by atoms with Crippen LogP contribution in [0, 0.1) is 11.3 Å². The molecular weight excluding hydrogens is 223 g/mol. The normalized spacial score (nSPS) is 9.00. The first kappa shape index (κ1) is 13.3. The van der Waals surface area contributed by atoms with E-state index in [1.54, 1.807) is 6.07 Å². The largest absolute Gasteiger partial charge is 0.315 e. The Labute approximate surface area is 93.7 Å². The number of carbonyl (C=O) groups is 1. The maximum atomic E-state index is 11.2. The van der Waals surface area contributed by atoms with Gasteiger partial charge in [-0.3, -0.25) is 4.79 Å². The molecule has 0 aliphatic rings. The summed E-state index contributed by atoms with van der Waals surface area (Å²) in [6, 6.07) is 1.71. The monoisotopic (exact) mass is 234 g/mol. The van der Waals surface area contributed by atoms with E-state index in [1.807, 2.05) is 6.92 Å². The van der Waals surface area contributed by atoms with Crippen LogP contribution in [0.2, 0.25) is 0 Å². The molecule has 0 saturated carbocycles. The van der Waals surface area contributed by atoms with Gasteiger partial charge in [-0.1, -0.05) is 43.0 Å². The standard InChI is InChI=1S/C9H12Cl2N2O/c1-2-3-4-5-8(14)13-7(6-12)9(10)11/h2-5H2,1H3,(H,13,14). The van der Waals surface area contributed by atoms with Gasteiger partial charge in [0.25, 0.3) is 0 Å². The molecule has 0 atom stereocenters. The minimum Gasteiger partial charge on any atom is -0.315 e. The Hall–Kier alpha value is -0.720. The summed E-state index contributed by atoms with van der Waals surface area (Å²) in [5.74, 6) is -0.228. The van der Waals surface area contributed by atoms with E-state index >= 15 is 0 Å². The number of hydrogen-bond donors (Lipinski definition) is 1. The van der Waals surface area contributed by atoms with Gasteiger partial charge >= 0.3 is 0 Å². The number of carbonyl (C=O) groups excluding carboxylic acids is 1. The summed E-state index contributed by atoms with van der Waals surface area (Å²) in [6.45, 7) is 2.05. The molecule has 0 aromatic heterocycles. The summed E-state index contributed by atoms with van der Waals surface area (Å²) in [5.41, 5.74) is -0.0881. The zero-order chi connectivity index (χ0) is 11.0. The maximum Gasteiger partial charge on any atom is 0.224 e. The highest BCUT2D eigenvalue weighted by atomic mass is 35.5. The molecule has 0 aliphatic carbocycles. The number of halogens is 2. The Morgan fingerprint density at radius 3 is 2.50 bits per heavy atom. The molecule has 0 heterocycles. The second-order valence-electron chi connectivity index (χ2n) is 2.75. The van der Waals surface area contributed by atoms with Crippen LogP contribution in [0.1, 0.15) is 32.6 Å². The van der Waals surface area contributed by atoms with Crippen molar-refractivity contribution in [2.75, 3.05) is 0 Å². The highest BCUT2D eigenvalue weighted by molar-refractivity contribution is 6.56. The second kappa shape index (κ2) is 7.66. The molecule has 14 heavy (non-hydrogen) atoms. The summed E-state index contributed by atoms with van der Waals surface area (Å²) in [5, 5.41) is 10.9. The van der Waals surface area contributed by atoms with Crippen LogP contribution in [-0.2, 0) is 4.79 Å². The van der Waals surface area contributed by atoms with Crippen molar-refractivity contribution < 1.29 is 4.79 Å². The lowest BCUT2D eigenvalue weighted by Gasteiger charge is -2.02. The van der Waals surface area contributed by atoms with Gasteiger partial charge in [0.2, 0.25) is 5.91 Å². The van der Waals surface area contributed by atoms with Crippen LogP contribution in [0.25, 0.3) is 0 Å². The quantitative estimate of drug-likeness (QED) is 0.588. The molecule has 5 heteroatoms. The van der Waals surface area contributed by atoms with E-state index in [0.29, 0.717) is 6.42 Å². The molecule has 78 valence electrons. The number of amides is 1. The average Bonchev–Trinajstić information content (AvgIpc) is 2.14. The van der Waals surface area contributed by atoms with Crippen molar-refractivity contribution in [2.24, 2.45) is 0 Å². The molecule has 0 unspecified atom stereocenters. The van der Waals surface area contributed by atoms with Crippen LogP contribution >= 0.6 is 23.2 Å². The predicted molar refractivity (Wildman–Crippen MR) is 56.6 cm³/mol. The number of nitrogens with zero attached hydrogens (tertiary/aromatic N) is 1. The topological polar surface area (TPSA) is 52.9 Å². The Morgan fingerprint density at radius 1 is 1.43 bits per heavy atom. The van der Waals surface area contributed by atoms with Crippen molar-refractivity contribution in [3.05, 3.63) is 10.2 Å². The van der Waals surface area contributed by atoms with Gasteiger partial charge in [-0.25, -0.2) is 0 Å². The zero-order valence-electron chi connectivity index (χ0n) is 7.94. The predicted octanol–water partition coefficient (Wildman–Crippen LogP) is 2.85. The van der Waals surface area contributed by atoms with E-state index in [9.17, 15) is 4.79 Å². The lowest BCUT2D eigenvalue weighted by molar-refractivity contribution is -0.120. The summed E-state index contributed by atoms with van der Waals surface area (Å²) in [4.78, 5) is 11.2. The number of nitrogens with one attached hydrogen (secondary N) is 1. The van der Waals surface area contributed by atoms with E-state index in [4.69, 9.17) is 28.5 Å². The van der Waals surface area contributed by atoms with Crippen LogP contribution in [-0.4, -0.2) is 5.91 Å². The molecule has 0 saturated heterocycles. The molecule has 1 amide bonds. The molecule has 0 aliphatic heterocycles. The number of rotatable bonds is 5. The first-order valence-corrected chi connectivity index (χ1v) is 5.12. The summed E-state index contributed by atoms with van der Waals surface area (Å²) in [6.07, 6.45) is 3.24. The van der Waals surface area contributed by atoms with Crippen molar-refractivity contribution in [3.8, 4) is 6.07 Å². The van der Waals surface area contributed by atoms with Gasteiger partial charge in [0.05, 0.1) is 0 Å². The average molecular weight is 235 g/mol. The van der Waals surface area contributed by atoms with Crippen molar-refractivity contribution in [1.29, 1.82) is 5.26 Å². The first-order chi connectivity index (χ1) is 6.61. The maximum absolute atomic E-state index is 11.2. The molecule has 1 N–H and O–H groups in total. The molecule has 0 bridgehead atoms. The number of allylic oxidation sites excluding steroid dienone is 1. The lowest BCUT2D eigenvalue weighted by Crippen LogP contribution is -2.21. The molecule has 0 fully saturated rings. The number of hydrogen-bond acceptors (Lipinski definition) is 2. The first-order valence-electron chi connectivity index (χ1n) is 4.37. The summed E-state index contributed by atoms with van der Waals surface area (Å²) in [7, 11) is 0. The van der Waals surface area contributed by atoms with Gasteiger partial charge in [0.1, 0.15) is 10.6 Å². The Bertz CT molecular complexity index is 264. The molecule has 0 aromatic rings. The van der Waals surface area contributed by atoms with Crippen molar-refractivity contribution in [3.63, 3.8) is 0 Å². The third-order valence-corrected chi connectivity index (χ3v) is 1.95. The molecule has 0 rings (SSSR count). The van der Waals surface area contributed by atoms with Crippen LogP contribution in [0.15, 0.2) is 10.2 Å². The minimum absolute atomic E-state index is 0.0881. The van der Waals surface area contributed by atoms with Crippen LogP contribution in [0.3, 0.4) is 0 Å². The highest BCUT2D eigenvalue weighted by Crippen LogP contribution is 2.11. The molecule has 0 radical (unpaired) electrons. The molecule has 0 spiro atoms. The van der Waals surface area contributed by atoms with E-state index in [1.165, 1.54) is 0 Å². The fraction of sp³-hybridized carbons (Fsp3) is 0.556. The summed E-state index contributed by atoms with van der Waals surface area (Å²) >= 11 is 10.7. The van der Waals surface area contributed by atoms with Crippen molar-refractivity contribution in [2.45, 2.75) is 32.6 Å². The fourth-order valence-electron chi connectivity index (χ4n) is 0.855. The molecule has 0 aromatic carbocycles. The Balaban J connectivity index is 3.95. The Morgan fingerprint density at radius 2 is 2.07 bits per heavy atom. The van der Waals surface area contributed by atoms with Gasteiger partial charge < -0.3 is 5.32 Å². The second-order valence-corrected chi connectivity index (χ2v) is 3.70. The zero-order valence-corrected chi connectivity index (χ0v) is 9.45.